The van der Waals surface area contributed by atoms with E-state index in [1.165, 1.54) is 10.5 Å². The number of unbranched alkanes of at least 4 members (excludes halogenated alkanes) is 1. The Balaban J connectivity index is 1.27. The number of hydrogen-bond acceptors (Lipinski definition) is 6. The summed E-state index contributed by atoms with van der Waals surface area (Å²) in [4.78, 5) is 12.6. The molecule has 2 aromatic carbocycles. The lowest BCUT2D eigenvalue weighted by molar-refractivity contribution is 0.310. The number of rotatable bonds is 9. The van der Waals surface area contributed by atoms with E-state index < -0.39 is 0 Å². The lowest BCUT2D eigenvalue weighted by Gasteiger charge is -2.32. The van der Waals surface area contributed by atoms with Crippen LogP contribution in [0.15, 0.2) is 65.7 Å². The zero-order chi connectivity index (χ0) is 21.5. The molecule has 1 aromatic heterocycles. The molecule has 1 unspecified atom stereocenters. The van der Waals surface area contributed by atoms with E-state index in [1.54, 1.807) is 0 Å². The van der Waals surface area contributed by atoms with Crippen molar-refractivity contribution in [2.75, 3.05) is 36.2 Å². The van der Waals surface area contributed by atoms with E-state index in [2.05, 4.69) is 51.5 Å². The van der Waals surface area contributed by atoms with Crippen molar-refractivity contribution in [2.24, 2.45) is 0 Å². The Kier molecular flexibility index (Phi) is 7.30. The van der Waals surface area contributed by atoms with Crippen LogP contribution < -0.4 is 15.0 Å². The monoisotopic (exact) mass is 434 g/mol. The van der Waals surface area contributed by atoms with Gasteiger partial charge in [-0.2, -0.15) is 0 Å². The standard InChI is InChI=1S/C25H30N4OS/c1-19-26-18-23-24(13-14-29(2)25(23)27-19)28-20-9-8-12-22(17-20)31-16-7-6-15-30-21-10-4-3-5-11-21/h3-5,8-12,17-18,24,28H,6-7,13-16H2,1-2H3. The smallest absolute Gasteiger partial charge is 0.137 e. The van der Waals surface area contributed by atoms with Crippen molar-refractivity contribution in [2.45, 2.75) is 37.1 Å². The molecule has 6 heteroatoms. The van der Waals surface area contributed by atoms with Crippen LogP contribution in [-0.4, -0.2) is 35.9 Å². The molecule has 1 aliphatic heterocycles. The second-order valence-electron chi connectivity index (χ2n) is 7.85. The van der Waals surface area contributed by atoms with Gasteiger partial charge >= 0.3 is 0 Å². The average molecular weight is 435 g/mol. The first-order valence-electron chi connectivity index (χ1n) is 10.9. The van der Waals surface area contributed by atoms with Crippen LogP contribution in [0.4, 0.5) is 11.5 Å². The van der Waals surface area contributed by atoms with Crippen molar-refractivity contribution < 1.29 is 4.74 Å². The second-order valence-corrected chi connectivity index (χ2v) is 9.02. The molecule has 2 heterocycles. The molecule has 0 fully saturated rings. The molecule has 162 valence electrons. The van der Waals surface area contributed by atoms with Crippen LogP contribution in [0.25, 0.3) is 0 Å². The van der Waals surface area contributed by atoms with Gasteiger partial charge in [-0.15, -0.1) is 11.8 Å². The van der Waals surface area contributed by atoms with Gasteiger partial charge in [-0.1, -0.05) is 24.3 Å². The van der Waals surface area contributed by atoms with Crippen LogP contribution in [0, 0.1) is 6.92 Å². The predicted molar refractivity (Wildman–Crippen MR) is 129 cm³/mol. The van der Waals surface area contributed by atoms with Crippen LogP contribution in [0.3, 0.4) is 0 Å². The molecule has 1 atom stereocenters. The number of fused-ring (bicyclic) bond motifs is 1. The molecule has 1 aliphatic rings. The fourth-order valence-corrected chi connectivity index (χ4v) is 4.70. The third-order valence-electron chi connectivity index (χ3n) is 5.40. The van der Waals surface area contributed by atoms with Crippen LogP contribution in [0.5, 0.6) is 5.75 Å². The molecular weight excluding hydrogens is 404 g/mol. The Morgan fingerprint density at radius 1 is 1.13 bits per heavy atom. The van der Waals surface area contributed by atoms with E-state index in [0.29, 0.717) is 0 Å². The lowest BCUT2D eigenvalue weighted by atomic mass is 10.0. The maximum Gasteiger partial charge on any atom is 0.137 e. The molecular formula is C25H30N4OS. The highest BCUT2D eigenvalue weighted by Crippen LogP contribution is 2.34. The molecule has 0 spiro atoms. The number of nitrogens with zero attached hydrogens (tertiary/aromatic N) is 3. The SMILES string of the molecule is Cc1ncc2c(n1)N(C)CCC2Nc1cccc(SCCCCOc2ccccc2)c1. The van der Waals surface area contributed by atoms with Crippen LogP contribution in [-0.2, 0) is 0 Å². The van der Waals surface area contributed by atoms with E-state index in [1.807, 2.05) is 55.2 Å². The Morgan fingerprint density at radius 2 is 2.00 bits per heavy atom. The highest BCUT2D eigenvalue weighted by Gasteiger charge is 2.25. The normalized spacial score (nSPS) is 15.4. The summed E-state index contributed by atoms with van der Waals surface area (Å²) in [5, 5.41) is 3.71. The molecule has 0 bridgehead atoms. The Bertz CT molecular complexity index is 982. The largest absolute Gasteiger partial charge is 0.494 e. The summed E-state index contributed by atoms with van der Waals surface area (Å²) < 4.78 is 5.77. The average Bonchev–Trinajstić information content (AvgIpc) is 2.79. The van der Waals surface area contributed by atoms with Crippen molar-refractivity contribution in [1.29, 1.82) is 0 Å². The van der Waals surface area contributed by atoms with E-state index in [9.17, 15) is 0 Å². The van der Waals surface area contributed by atoms with Gasteiger partial charge in [0, 0.05) is 35.9 Å². The fourth-order valence-electron chi connectivity index (χ4n) is 3.73. The first-order valence-corrected chi connectivity index (χ1v) is 11.9. The number of anilines is 2. The summed E-state index contributed by atoms with van der Waals surface area (Å²) in [6, 6.07) is 19.0. The highest BCUT2D eigenvalue weighted by molar-refractivity contribution is 7.99. The summed E-state index contributed by atoms with van der Waals surface area (Å²) in [6.45, 7) is 3.70. The van der Waals surface area contributed by atoms with Gasteiger partial charge in [0.2, 0.25) is 0 Å². The quantitative estimate of drug-likeness (QED) is 0.343. The summed E-state index contributed by atoms with van der Waals surface area (Å²) in [6.07, 6.45) is 5.20. The van der Waals surface area contributed by atoms with Crippen molar-refractivity contribution >= 4 is 23.3 Å². The number of para-hydroxylation sites is 1. The highest BCUT2D eigenvalue weighted by atomic mass is 32.2. The topological polar surface area (TPSA) is 50.3 Å². The number of thioether (sulfide) groups is 1. The first kappa shape index (κ1) is 21.5. The number of hydrogen-bond donors (Lipinski definition) is 1. The Morgan fingerprint density at radius 3 is 2.87 bits per heavy atom. The minimum atomic E-state index is 0.238. The molecule has 3 aromatic rings. The predicted octanol–water partition coefficient (Wildman–Crippen LogP) is 5.73. The number of aromatic nitrogens is 2. The fraction of sp³-hybridized carbons (Fsp3) is 0.360. The van der Waals surface area contributed by atoms with Gasteiger partial charge in [0.1, 0.15) is 17.4 Å². The van der Waals surface area contributed by atoms with Gasteiger partial charge in [-0.05, 0) is 62.3 Å². The van der Waals surface area contributed by atoms with Crippen LogP contribution in [0.1, 0.15) is 36.7 Å². The zero-order valence-corrected chi connectivity index (χ0v) is 19.1. The van der Waals surface area contributed by atoms with Gasteiger partial charge in [0.25, 0.3) is 0 Å². The van der Waals surface area contributed by atoms with E-state index >= 15 is 0 Å². The van der Waals surface area contributed by atoms with Gasteiger partial charge in [-0.25, -0.2) is 9.97 Å². The number of ether oxygens (including phenoxy) is 1. The minimum Gasteiger partial charge on any atom is -0.494 e. The molecule has 0 amide bonds. The van der Waals surface area contributed by atoms with Crippen molar-refractivity contribution in [3.63, 3.8) is 0 Å². The van der Waals surface area contributed by atoms with Crippen molar-refractivity contribution in [1.82, 2.24) is 9.97 Å². The van der Waals surface area contributed by atoms with E-state index in [4.69, 9.17) is 4.74 Å². The maximum absolute atomic E-state index is 5.77. The van der Waals surface area contributed by atoms with Gasteiger partial charge < -0.3 is 15.0 Å². The molecule has 31 heavy (non-hydrogen) atoms. The summed E-state index contributed by atoms with van der Waals surface area (Å²) in [5.74, 6) is 3.90. The molecule has 0 radical (unpaired) electrons. The molecule has 4 rings (SSSR count). The van der Waals surface area contributed by atoms with E-state index in [-0.39, 0.29) is 6.04 Å². The second kappa shape index (κ2) is 10.5. The molecule has 5 nitrogen and oxygen atoms in total. The van der Waals surface area contributed by atoms with Crippen molar-refractivity contribution in [3.05, 3.63) is 72.2 Å². The third kappa shape index (κ3) is 5.91. The minimum absolute atomic E-state index is 0.238. The number of benzene rings is 2. The lowest BCUT2D eigenvalue weighted by Crippen LogP contribution is -2.31. The third-order valence-corrected chi connectivity index (χ3v) is 6.48. The summed E-state index contributed by atoms with van der Waals surface area (Å²) >= 11 is 1.90. The van der Waals surface area contributed by atoms with E-state index in [0.717, 1.165) is 61.2 Å². The Labute approximate surface area is 189 Å². The van der Waals surface area contributed by atoms with Crippen molar-refractivity contribution in [3.8, 4) is 5.75 Å². The first-order chi connectivity index (χ1) is 15.2. The molecule has 0 saturated carbocycles. The Hall–Kier alpha value is -2.73. The number of nitrogens with one attached hydrogen (secondary N) is 1. The van der Waals surface area contributed by atoms with Gasteiger partial charge in [0.15, 0.2) is 0 Å². The summed E-state index contributed by atoms with van der Waals surface area (Å²) in [7, 11) is 2.10. The molecule has 0 saturated heterocycles. The zero-order valence-electron chi connectivity index (χ0n) is 18.3. The molecule has 0 aliphatic carbocycles. The van der Waals surface area contributed by atoms with Gasteiger partial charge in [-0.3, -0.25) is 0 Å². The number of aryl methyl sites for hydroxylation is 1. The van der Waals surface area contributed by atoms with Crippen LogP contribution in [0.2, 0.25) is 0 Å². The van der Waals surface area contributed by atoms with Crippen LogP contribution >= 0.6 is 11.8 Å². The summed E-state index contributed by atoms with van der Waals surface area (Å²) in [5.41, 5.74) is 2.33. The van der Waals surface area contributed by atoms with Gasteiger partial charge in [0.05, 0.1) is 12.6 Å². The molecule has 1 N–H and O–H groups in total. The maximum atomic E-state index is 5.77.